The number of ether oxygens (including phenoxy) is 1. The molecule has 1 atom stereocenters. The van der Waals surface area contributed by atoms with Crippen LogP contribution in [0.5, 0.6) is 5.75 Å². The molecule has 1 saturated heterocycles. The number of aromatic nitrogens is 3. The zero-order chi connectivity index (χ0) is 33.6. The molecule has 1 amide bonds. The molecule has 1 aliphatic rings. The molecule has 0 saturated carbocycles. The molecule has 0 unspecified atom stereocenters. The Morgan fingerprint density at radius 3 is 2.52 bits per heavy atom. The number of benzene rings is 1. The number of amides is 1. The third-order valence-electron chi connectivity index (χ3n) is 7.82. The van der Waals surface area contributed by atoms with Crippen molar-refractivity contribution >= 4 is 46.1 Å². The summed E-state index contributed by atoms with van der Waals surface area (Å²) >= 11 is 6.72. The van der Waals surface area contributed by atoms with Crippen molar-refractivity contribution in [3.63, 3.8) is 0 Å². The van der Waals surface area contributed by atoms with Crippen LogP contribution in [0, 0.1) is 22.9 Å². The maximum Gasteiger partial charge on any atom is 0.407 e. The van der Waals surface area contributed by atoms with Crippen LogP contribution in [-0.2, 0) is 4.79 Å². The van der Waals surface area contributed by atoms with Gasteiger partial charge in [-0.3, -0.25) is 24.5 Å². The first kappa shape index (κ1) is 32.1. The number of carboxylic acids is 1. The van der Waals surface area contributed by atoms with E-state index in [1.165, 1.54) is 31.5 Å². The maximum atomic E-state index is 15.3. The lowest BCUT2D eigenvalue weighted by Crippen LogP contribution is -2.58. The molecule has 240 valence electrons. The molecule has 0 bridgehead atoms. The number of nitrogens with zero attached hydrogens (tertiary/aromatic N) is 6. The van der Waals surface area contributed by atoms with Crippen LogP contribution in [0.1, 0.15) is 31.0 Å². The number of hydrogen-bond acceptors (Lipinski definition) is 9. The highest BCUT2D eigenvalue weighted by atomic mass is 35.5. The van der Waals surface area contributed by atoms with Gasteiger partial charge in [-0.05, 0) is 42.7 Å². The number of rotatable bonds is 7. The molecular weight excluding hydrogens is 627 g/mol. The van der Waals surface area contributed by atoms with Gasteiger partial charge in [0.1, 0.15) is 23.3 Å². The topological polar surface area (TPSA) is 181 Å². The SMILES string of the molecule is COc1cccc(F)c1-c1nc2c(cc1Cl)c(N1CCN(C(=O)O)C[C@@H]1C(=O)O)c([N+](=O)[O-])c(=O)n2-c1c(C)ccnc1C(C)C. The highest BCUT2D eigenvalue weighted by Gasteiger charge is 2.41. The van der Waals surface area contributed by atoms with Crippen molar-refractivity contribution in [2.75, 3.05) is 31.6 Å². The van der Waals surface area contributed by atoms with Crippen LogP contribution in [0.3, 0.4) is 0 Å². The number of anilines is 1. The average Bonchev–Trinajstić information content (AvgIpc) is 3.00. The van der Waals surface area contributed by atoms with Gasteiger partial charge in [0.05, 0.1) is 51.6 Å². The molecule has 46 heavy (non-hydrogen) atoms. The predicted octanol–water partition coefficient (Wildman–Crippen LogP) is 4.84. The summed E-state index contributed by atoms with van der Waals surface area (Å²) < 4.78 is 21.7. The van der Waals surface area contributed by atoms with E-state index in [0.29, 0.717) is 11.3 Å². The number of hydrogen-bond donors (Lipinski definition) is 2. The second-order valence-electron chi connectivity index (χ2n) is 10.9. The lowest BCUT2D eigenvalue weighted by molar-refractivity contribution is -0.385. The standard InChI is InChI=1S/C30H28ClFN6O8/c1-14(2)22-24(15(3)8-9-33-22)37-27-16(12-17(31)23(34-27)21-18(32)6-5-7-20(21)46-4)25(26(28(37)39)38(44)45)36-11-10-35(30(42)43)13-19(36)29(40)41/h5-9,12,14,19H,10-11,13H2,1-4H3,(H,40,41)(H,42,43)/t19-/m1/s1. The summed E-state index contributed by atoms with van der Waals surface area (Å²) in [5.41, 5.74) is -1.89. The third kappa shape index (κ3) is 5.31. The Kier molecular flexibility index (Phi) is 8.54. The first-order chi connectivity index (χ1) is 21.8. The largest absolute Gasteiger partial charge is 0.496 e. The van der Waals surface area contributed by atoms with E-state index in [1.807, 2.05) is 13.8 Å². The Morgan fingerprint density at radius 1 is 1.20 bits per heavy atom. The molecule has 1 fully saturated rings. The molecule has 3 aromatic heterocycles. The van der Waals surface area contributed by atoms with Crippen molar-refractivity contribution in [1.82, 2.24) is 19.4 Å². The van der Waals surface area contributed by atoms with E-state index in [0.717, 1.165) is 20.4 Å². The van der Waals surface area contributed by atoms with E-state index in [2.05, 4.69) is 9.97 Å². The fraction of sp³-hybridized carbons (Fsp3) is 0.300. The minimum Gasteiger partial charge on any atom is -0.496 e. The van der Waals surface area contributed by atoms with E-state index in [1.54, 1.807) is 13.0 Å². The molecule has 14 nitrogen and oxygen atoms in total. The zero-order valence-electron chi connectivity index (χ0n) is 25.0. The number of aliphatic carboxylic acids is 1. The van der Waals surface area contributed by atoms with Crippen LogP contribution in [0.25, 0.3) is 28.0 Å². The van der Waals surface area contributed by atoms with E-state index < -0.39 is 52.3 Å². The van der Waals surface area contributed by atoms with Gasteiger partial charge in [-0.2, -0.15) is 0 Å². The number of aryl methyl sites for hydroxylation is 1. The lowest BCUT2D eigenvalue weighted by Gasteiger charge is -2.39. The van der Waals surface area contributed by atoms with Crippen LogP contribution in [-0.4, -0.2) is 79.4 Å². The fourth-order valence-corrected chi connectivity index (χ4v) is 5.96. The van der Waals surface area contributed by atoms with Crippen molar-refractivity contribution < 1.29 is 33.9 Å². The summed E-state index contributed by atoms with van der Waals surface area (Å²) in [7, 11) is 1.32. The van der Waals surface area contributed by atoms with Crippen molar-refractivity contribution in [2.24, 2.45) is 0 Å². The number of fused-ring (bicyclic) bond motifs is 1. The van der Waals surface area contributed by atoms with Crippen molar-refractivity contribution in [3.8, 4) is 22.7 Å². The lowest BCUT2D eigenvalue weighted by atomic mass is 10.0. The Morgan fingerprint density at radius 2 is 1.91 bits per heavy atom. The second kappa shape index (κ2) is 12.2. The van der Waals surface area contributed by atoms with Crippen LogP contribution in [0.15, 0.2) is 41.3 Å². The Hall–Kier alpha value is -5.31. The minimum absolute atomic E-state index is 0.0703. The van der Waals surface area contributed by atoms with E-state index >= 15 is 4.39 Å². The molecule has 0 spiro atoms. The monoisotopic (exact) mass is 654 g/mol. The van der Waals surface area contributed by atoms with Gasteiger partial charge in [0.2, 0.25) is 0 Å². The quantitative estimate of drug-likeness (QED) is 0.205. The third-order valence-corrected chi connectivity index (χ3v) is 8.10. The summed E-state index contributed by atoms with van der Waals surface area (Å²) in [4.78, 5) is 61.5. The Bertz CT molecular complexity index is 1980. The highest BCUT2D eigenvalue weighted by Crippen LogP contribution is 2.42. The molecule has 1 aromatic carbocycles. The maximum absolute atomic E-state index is 15.3. The molecule has 5 rings (SSSR count). The van der Waals surface area contributed by atoms with Gasteiger partial charge in [-0.1, -0.05) is 31.5 Å². The van der Waals surface area contributed by atoms with Crippen molar-refractivity contribution in [1.29, 1.82) is 0 Å². The molecule has 4 aromatic rings. The molecule has 16 heteroatoms. The minimum atomic E-state index is -1.61. The Labute approximate surface area is 265 Å². The summed E-state index contributed by atoms with van der Waals surface area (Å²) in [5, 5.41) is 32.1. The molecular formula is C30H28ClFN6O8. The summed E-state index contributed by atoms with van der Waals surface area (Å²) in [5.74, 6) is -2.43. The fourth-order valence-electron chi connectivity index (χ4n) is 5.72. The van der Waals surface area contributed by atoms with Gasteiger partial charge >= 0.3 is 23.3 Å². The first-order valence-electron chi connectivity index (χ1n) is 14.0. The van der Waals surface area contributed by atoms with Crippen LogP contribution >= 0.6 is 11.6 Å². The number of carbonyl (C=O) groups is 2. The number of carboxylic acid groups (broad SMARTS) is 2. The van der Waals surface area contributed by atoms with E-state index in [9.17, 15) is 34.7 Å². The van der Waals surface area contributed by atoms with Gasteiger partial charge < -0.3 is 24.7 Å². The number of methoxy groups -OCH3 is 1. The number of halogens is 2. The molecule has 4 heterocycles. The second-order valence-corrected chi connectivity index (χ2v) is 11.3. The van der Waals surface area contributed by atoms with Crippen molar-refractivity contribution in [2.45, 2.75) is 32.7 Å². The van der Waals surface area contributed by atoms with Gasteiger partial charge in [-0.15, -0.1) is 0 Å². The van der Waals surface area contributed by atoms with Gasteiger partial charge in [0.25, 0.3) is 0 Å². The smallest absolute Gasteiger partial charge is 0.407 e. The first-order valence-corrected chi connectivity index (χ1v) is 14.4. The van der Waals surface area contributed by atoms with Gasteiger partial charge in [-0.25, -0.2) is 19.0 Å². The molecule has 0 radical (unpaired) electrons. The number of pyridine rings is 3. The molecule has 2 N–H and O–H groups in total. The van der Waals surface area contributed by atoms with Crippen LogP contribution in [0.4, 0.5) is 20.6 Å². The average molecular weight is 655 g/mol. The van der Waals surface area contributed by atoms with E-state index in [4.69, 9.17) is 16.3 Å². The summed E-state index contributed by atoms with van der Waals surface area (Å²) in [6.45, 7) is 4.25. The number of piperazine rings is 1. The van der Waals surface area contributed by atoms with Crippen LogP contribution < -0.4 is 15.2 Å². The predicted molar refractivity (Wildman–Crippen MR) is 166 cm³/mol. The summed E-state index contributed by atoms with van der Waals surface area (Å²) in [6.07, 6.45) is 0.158. The number of nitro groups is 1. The highest BCUT2D eigenvalue weighted by molar-refractivity contribution is 6.34. The summed E-state index contributed by atoms with van der Waals surface area (Å²) in [6, 6.07) is 5.32. The van der Waals surface area contributed by atoms with Gasteiger partial charge in [0.15, 0.2) is 5.65 Å². The molecule has 1 aliphatic heterocycles. The van der Waals surface area contributed by atoms with E-state index in [-0.39, 0.29) is 57.8 Å². The van der Waals surface area contributed by atoms with Crippen LogP contribution in [0.2, 0.25) is 5.02 Å². The van der Waals surface area contributed by atoms with Gasteiger partial charge in [0, 0.05) is 19.3 Å². The normalized spacial score (nSPS) is 15.0. The zero-order valence-corrected chi connectivity index (χ0v) is 25.8. The molecule has 0 aliphatic carbocycles. The van der Waals surface area contributed by atoms with Crippen molar-refractivity contribution in [3.05, 3.63) is 79.1 Å². The Balaban J connectivity index is 2.00.